The largest absolute Gasteiger partial charge is 0.299 e. The van der Waals surface area contributed by atoms with E-state index in [9.17, 15) is 14.0 Å². The molecule has 1 aliphatic heterocycles. The van der Waals surface area contributed by atoms with E-state index in [2.05, 4.69) is 10.3 Å². The molecule has 7 heteroatoms. The highest BCUT2D eigenvalue weighted by atomic mass is 19.1. The number of anilines is 1. The Morgan fingerprint density at radius 2 is 1.80 bits per heavy atom. The summed E-state index contributed by atoms with van der Waals surface area (Å²) in [5.41, 5.74) is 2.11. The minimum atomic E-state index is -0.703. The highest BCUT2D eigenvalue weighted by Crippen LogP contribution is 2.30. The van der Waals surface area contributed by atoms with Crippen LogP contribution in [0.3, 0.4) is 0 Å². The van der Waals surface area contributed by atoms with Crippen molar-refractivity contribution in [2.45, 2.75) is 13.1 Å². The molecule has 0 saturated heterocycles. The molecule has 4 rings (SSSR count). The molecule has 0 spiro atoms. The number of aromatic nitrogens is 3. The zero-order valence-electron chi connectivity index (χ0n) is 13.1. The number of hydrogen-bond donors (Lipinski definition) is 0. The van der Waals surface area contributed by atoms with Gasteiger partial charge in [-0.2, -0.15) is 0 Å². The Bertz CT molecular complexity index is 968. The number of Topliss-reactive ketones (excluding diaryl/α,β-unsaturated/α-hetero) is 1. The predicted octanol–water partition coefficient (Wildman–Crippen LogP) is 2.19. The van der Waals surface area contributed by atoms with Gasteiger partial charge >= 0.3 is 0 Å². The van der Waals surface area contributed by atoms with Gasteiger partial charge in [0.05, 0.1) is 30.5 Å². The molecular formula is C18H13FN4O2. The number of rotatable bonds is 4. The van der Waals surface area contributed by atoms with Crippen LogP contribution < -0.4 is 4.90 Å². The molecule has 0 saturated carbocycles. The van der Waals surface area contributed by atoms with Gasteiger partial charge in [-0.3, -0.25) is 14.5 Å². The molecule has 25 heavy (non-hydrogen) atoms. The van der Waals surface area contributed by atoms with Crippen molar-refractivity contribution in [1.82, 2.24) is 15.0 Å². The predicted molar refractivity (Wildman–Crippen MR) is 87.5 cm³/mol. The summed E-state index contributed by atoms with van der Waals surface area (Å²) in [6, 6.07) is 13.5. The van der Waals surface area contributed by atoms with E-state index in [1.54, 1.807) is 10.9 Å². The Kier molecular flexibility index (Phi) is 3.61. The fourth-order valence-electron chi connectivity index (χ4n) is 2.85. The minimum absolute atomic E-state index is 0.0849. The van der Waals surface area contributed by atoms with Gasteiger partial charge in [-0.05, 0) is 23.8 Å². The van der Waals surface area contributed by atoms with Gasteiger partial charge < -0.3 is 0 Å². The summed E-state index contributed by atoms with van der Waals surface area (Å²) < 4.78 is 15.0. The Labute approximate surface area is 142 Å². The van der Waals surface area contributed by atoms with Crippen molar-refractivity contribution in [2.75, 3.05) is 4.90 Å². The van der Waals surface area contributed by atoms with E-state index in [0.29, 0.717) is 17.9 Å². The average Bonchev–Trinajstić information content (AvgIpc) is 3.15. The number of fused-ring (bicyclic) bond motifs is 1. The monoisotopic (exact) mass is 336 g/mol. The topological polar surface area (TPSA) is 68.1 Å². The van der Waals surface area contributed by atoms with Gasteiger partial charge in [-0.25, -0.2) is 9.07 Å². The average molecular weight is 336 g/mol. The molecule has 0 atom stereocenters. The standard InChI is InChI=1S/C18H13FN4O2/c19-13-6-7-16-15(8-13)17(24)18(25)23(16)11-14-10-22(21-20-14)9-12-4-2-1-3-5-12/h1-8,10H,9,11H2. The maximum atomic E-state index is 13.3. The van der Waals surface area contributed by atoms with Crippen LogP contribution in [0.15, 0.2) is 54.7 Å². The molecule has 0 N–H and O–H groups in total. The smallest absolute Gasteiger partial charge is 0.299 e. The highest BCUT2D eigenvalue weighted by Gasteiger charge is 2.36. The summed E-state index contributed by atoms with van der Waals surface area (Å²) in [7, 11) is 0. The van der Waals surface area contributed by atoms with Crippen molar-refractivity contribution < 1.29 is 14.0 Å². The Hall–Kier alpha value is -3.35. The quantitative estimate of drug-likeness (QED) is 0.685. The highest BCUT2D eigenvalue weighted by molar-refractivity contribution is 6.52. The van der Waals surface area contributed by atoms with Crippen molar-refractivity contribution >= 4 is 17.4 Å². The van der Waals surface area contributed by atoms with Crippen LogP contribution in [0.1, 0.15) is 21.6 Å². The molecule has 2 aromatic carbocycles. The third kappa shape index (κ3) is 2.80. The number of carbonyl (C=O) groups excluding carboxylic acids is 2. The van der Waals surface area contributed by atoms with Crippen molar-refractivity contribution in [3.05, 3.63) is 77.4 Å². The van der Waals surface area contributed by atoms with Gasteiger partial charge in [0.1, 0.15) is 11.5 Å². The fraction of sp³-hybridized carbons (Fsp3) is 0.111. The van der Waals surface area contributed by atoms with Gasteiger partial charge in [0.2, 0.25) is 0 Å². The first-order valence-electron chi connectivity index (χ1n) is 7.70. The van der Waals surface area contributed by atoms with Crippen LogP contribution in [0.25, 0.3) is 0 Å². The summed E-state index contributed by atoms with van der Waals surface area (Å²) in [5.74, 6) is -1.93. The second-order valence-electron chi connectivity index (χ2n) is 5.77. The lowest BCUT2D eigenvalue weighted by Gasteiger charge is -2.14. The molecule has 2 heterocycles. The van der Waals surface area contributed by atoms with E-state index >= 15 is 0 Å². The van der Waals surface area contributed by atoms with Gasteiger partial charge in [0.25, 0.3) is 11.7 Å². The van der Waals surface area contributed by atoms with Gasteiger partial charge in [0, 0.05) is 0 Å². The van der Waals surface area contributed by atoms with Gasteiger partial charge in [-0.15, -0.1) is 5.10 Å². The first kappa shape index (κ1) is 15.2. The number of hydrogen-bond acceptors (Lipinski definition) is 4. The van der Waals surface area contributed by atoms with Crippen molar-refractivity contribution in [2.24, 2.45) is 0 Å². The molecule has 6 nitrogen and oxygen atoms in total. The van der Waals surface area contributed by atoms with E-state index in [4.69, 9.17) is 0 Å². The first-order chi connectivity index (χ1) is 12.1. The minimum Gasteiger partial charge on any atom is -0.299 e. The number of benzene rings is 2. The lowest BCUT2D eigenvalue weighted by atomic mass is 10.1. The molecule has 3 aromatic rings. The molecule has 0 radical (unpaired) electrons. The second-order valence-corrected chi connectivity index (χ2v) is 5.77. The van der Waals surface area contributed by atoms with E-state index in [0.717, 1.165) is 11.6 Å². The third-order valence-electron chi connectivity index (χ3n) is 4.03. The Balaban J connectivity index is 1.55. The van der Waals surface area contributed by atoms with E-state index in [-0.39, 0.29) is 12.1 Å². The van der Waals surface area contributed by atoms with E-state index in [1.807, 2.05) is 30.3 Å². The molecule has 0 unspecified atom stereocenters. The van der Waals surface area contributed by atoms with Crippen LogP contribution in [0.2, 0.25) is 0 Å². The van der Waals surface area contributed by atoms with Crippen molar-refractivity contribution in [3.63, 3.8) is 0 Å². The Morgan fingerprint density at radius 3 is 2.60 bits per heavy atom. The maximum Gasteiger partial charge on any atom is 0.299 e. The van der Waals surface area contributed by atoms with Crippen molar-refractivity contribution in [3.8, 4) is 0 Å². The van der Waals surface area contributed by atoms with E-state index < -0.39 is 17.5 Å². The summed E-state index contributed by atoms with van der Waals surface area (Å²) in [6.07, 6.45) is 1.73. The number of nitrogens with zero attached hydrogens (tertiary/aromatic N) is 4. The van der Waals surface area contributed by atoms with Gasteiger partial charge in [-0.1, -0.05) is 35.5 Å². The summed E-state index contributed by atoms with van der Waals surface area (Å²) in [6.45, 7) is 0.667. The lowest BCUT2D eigenvalue weighted by molar-refractivity contribution is -0.114. The van der Waals surface area contributed by atoms with Crippen LogP contribution in [-0.2, 0) is 17.9 Å². The normalized spacial score (nSPS) is 13.4. The fourth-order valence-corrected chi connectivity index (χ4v) is 2.85. The molecule has 0 bridgehead atoms. The number of ketones is 1. The molecule has 0 aliphatic carbocycles. The number of carbonyl (C=O) groups is 2. The molecule has 1 aromatic heterocycles. The summed E-state index contributed by atoms with van der Waals surface area (Å²) in [5, 5.41) is 8.11. The second kappa shape index (κ2) is 5.94. The van der Waals surface area contributed by atoms with Crippen molar-refractivity contribution in [1.29, 1.82) is 0 Å². The molecule has 1 aliphatic rings. The zero-order valence-corrected chi connectivity index (χ0v) is 13.1. The Morgan fingerprint density at radius 1 is 1.00 bits per heavy atom. The lowest BCUT2D eigenvalue weighted by Crippen LogP contribution is -2.29. The van der Waals surface area contributed by atoms with E-state index in [1.165, 1.54) is 17.0 Å². The van der Waals surface area contributed by atoms with Crippen LogP contribution in [0, 0.1) is 5.82 Å². The van der Waals surface area contributed by atoms with Gasteiger partial charge in [0.15, 0.2) is 0 Å². The maximum absolute atomic E-state index is 13.3. The SMILES string of the molecule is O=C1C(=O)N(Cc2cn(Cc3ccccc3)nn2)c2ccc(F)cc21. The van der Waals surface area contributed by atoms with Crippen LogP contribution in [0.4, 0.5) is 10.1 Å². The van der Waals surface area contributed by atoms with Crippen LogP contribution in [0.5, 0.6) is 0 Å². The molecule has 1 amide bonds. The summed E-state index contributed by atoms with van der Waals surface area (Å²) in [4.78, 5) is 25.5. The molecule has 0 fully saturated rings. The summed E-state index contributed by atoms with van der Waals surface area (Å²) >= 11 is 0. The van der Waals surface area contributed by atoms with Crippen LogP contribution in [-0.4, -0.2) is 26.7 Å². The number of halogens is 1. The van der Waals surface area contributed by atoms with Crippen LogP contribution >= 0.6 is 0 Å². The third-order valence-corrected chi connectivity index (χ3v) is 4.03. The number of amides is 1. The molecular weight excluding hydrogens is 323 g/mol. The first-order valence-corrected chi connectivity index (χ1v) is 7.70. The zero-order chi connectivity index (χ0) is 17.4. The molecule has 124 valence electrons.